The Balaban J connectivity index is 1.60. The van der Waals surface area contributed by atoms with Gasteiger partial charge in [0.25, 0.3) is 0 Å². The number of carbonyl (C=O) groups is 1. The summed E-state index contributed by atoms with van der Waals surface area (Å²) in [5, 5.41) is 0. The Morgan fingerprint density at radius 3 is 2.29 bits per heavy atom. The van der Waals surface area contributed by atoms with E-state index in [1.807, 2.05) is 26.0 Å². The van der Waals surface area contributed by atoms with Crippen molar-refractivity contribution in [3.8, 4) is 0 Å². The molecule has 28 heavy (non-hydrogen) atoms. The maximum atomic E-state index is 12.8. The number of benzene rings is 1. The monoisotopic (exact) mass is 402 g/mol. The van der Waals surface area contributed by atoms with E-state index in [1.165, 1.54) is 7.05 Å². The van der Waals surface area contributed by atoms with Crippen molar-refractivity contribution in [1.29, 1.82) is 0 Å². The molecule has 1 aromatic carbocycles. The zero-order valence-electron chi connectivity index (χ0n) is 16.5. The first-order chi connectivity index (χ1) is 13.3. The minimum atomic E-state index is -3.70. The highest BCUT2D eigenvalue weighted by atomic mass is 32.2. The van der Waals surface area contributed by atoms with Crippen molar-refractivity contribution in [2.24, 2.45) is 0 Å². The van der Waals surface area contributed by atoms with Crippen LogP contribution in [0.5, 0.6) is 0 Å². The molecule has 1 amide bonds. The molecule has 0 saturated carbocycles. The summed E-state index contributed by atoms with van der Waals surface area (Å²) in [6, 6.07) is 8.92. The average Bonchev–Trinajstić information content (AvgIpc) is 2.70. The van der Waals surface area contributed by atoms with E-state index in [1.54, 1.807) is 35.5 Å². The van der Waals surface area contributed by atoms with Crippen LogP contribution in [0.4, 0.5) is 5.69 Å². The Morgan fingerprint density at radius 2 is 1.68 bits per heavy atom. The van der Waals surface area contributed by atoms with Crippen molar-refractivity contribution in [3.63, 3.8) is 0 Å². The molecule has 0 N–H and O–H groups in total. The van der Waals surface area contributed by atoms with Gasteiger partial charge in [0, 0.05) is 51.3 Å². The zero-order valence-corrected chi connectivity index (χ0v) is 17.3. The fourth-order valence-electron chi connectivity index (χ4n) is 3.20. The summed E-state index contributed by atoms with van der Waals surface area (Å²) in [5.74, 6) is -0.177. The van der Waals surface area contributed by atoms with Gasteiger partial charge < -0.3 is 9.80 Å². The highest BCUT2D eigenvalue weighted by molar-refractivity contribution is 7.89. The standard InChI is InChI=1S/C20H26N4O3S/c1-16-4-5-19(14-17(16)2)28(26,27)22(3)15-20(25)24-12-10-23(11-13-24)18-6-8-21-9-7-18/h4-9,14H,10-13,15H2,1-3H3. The van der Waals surface area contributed by atoms with E-state index in [0.717, 1.165) is 21.1 Å². The van der Waals surface area contributed by atoms with E-state index in [9.17, 15) is 13.2 Å². The molecule has 1 fully saturated rings. The number of pyridine rings is 1. The molecule has 0 aliphatic carbocycles. The molecule has 150 valence electrons. The summed E-state index contributed by atoms with van der Waals surface area (Å²) in [7, 11) is -2.24. The third kappa shape index (κ3) is 4.34. The van der Waals surface area contributed by atoms with Crippen LogP contribution in [-0.2, 0) is 14.8 Å². The number of piperazine rings is 1. The number of amides is 1. The maximum absolute atomic E-state index is 12.8. The zero-order chi connectivity index (χ0) is 20.3. The number of sulfonamides is 1. The van der Waals surface area contributed by atoms with Crippen LogP contribution < -0.4 is 4.90 Å². The molecule has 1 aromatic heterocycles. The molecule has 0 spiro atoms. The molecule has 0 atom stereocenters. The Kier molecular flexibility index (Phi) is 6.00. The van der Waals surface area contributed by atoms with Crippen molar-refractivity contribution in [1.82, 2.24) is 14.2 Å². The molecule has 1 aliphatic heterocycles. The number of carbonyl (C=O) groups excluding carboxylic acids is 1. The Morgan fingerprint density at radius 1 is 1.04 bits per heavy atom. The minimum Gasteiger partial charge on any atom is -0.368 e. The van der Waals surface area contributed by atoms with Crippen molar-refractivity contribution in [3.05, 3.63) is 53.9 Å². The summed E-state index contributed by atoms with van der Waals surface area (Å²) in [4.78, 5) is 20.8. The first-order valence-corrected chi connectivity index (χ1v) is 10.7. The lowest BCUT2D eigenvalue weighted by Gasteiger charge is -2.36. The second-order valence-corrected chi connectivity index (χ2v) is 9.13. The number of aromatic nitrogens is 1. The quantitative estimate of drug-likeness (QED) is 0.761. The molecule has 8 heteroatoms. The summed E-state index contributed by atoms with van der Waals surface area (Å²) in [5.41, 5.74) is 3.02. The number of rotatable bonds is 5. The van der Waals surface area contributed by atoms with Crippen LogP contribution in [0.25, 0.3) is 0 Å². The van der Waals surface area contributed by atoms with Crippen molar-refractivity contribution < 1.29 is 13.2 Å². The molecule has 3 rings (SSSR count). The number of hydrogen-bond donors (Lipinski definition) is 0. The van der Waals surface area contributed by atoms with Crippen molar-refractivity contribution >= 4 is 21.6 Å². The topological polar surface area (TPSA) is 73.8 Å². The van der Waals surface area contributed by atoms with Gasteiger partial charge in [-0.15, -0.1) is 0 Å². The van der Waals surface area contributed by atoms with Crippen LogP contribution in [0.3, 0.4) is 0 Å². The lowest BCUT2D eigenvalue weighted by atomic mass is 10.1. The number of nitrogens with zero attached hydrogens (tertiary/aromatic N) is 4. The van der Waals surface area contributed by atoms with Gasteiger partial charge in [-0.3, -0.25) is 9.78 Å². The largest absolute Gasteiger partial charge is 0.368 e. The van der Waals surface area contributed by atoms with Crippen LogP contribution in [0.15, 0.2) is 47.6 Å². The Hall–Kier alpha value is -2.45. The van der Waals surface area contributed by atoms with E-state index in [-0.39, 0.29) is 17.3 Å². The fraction of sp³-hybridized carbons (Fsp3) is 0.400. The number of anilines is 1. The van der Waals surface area contributed by atoms with Crippen LogP contribution >= 0.6 is 0 Å². The van der Waals surface area contributed by atoms with E-state index in [2.05, 4.69) is 9.88 Å². The van der Waals surface area contributed by atoms with Crippen LogP contribution in [0.2, 0.25) is 0 Å². The average molecular weight is 403 g/mol. The van der Waals surface area contributed by atoms with E-state index >= 15 is 0 Å². The SMILES string of the molecule is Cc1ccc(S(=O)(=O)N(C)CC(=O)N2CCN(c3ccncc3)CC2)cc1C. The van der Waals surface area contributed by atoms with Gasteiger partial charge in [0.2, 0.25) is 15.9 Å². The van der Waals surface area contributed by atoms with Gasteiger partial charge in [0.15, 0.2) is 0 Å². The van der Waals surface area contributed by atoms with Crippen LogP contribution in [0, 0.1) is 13.8 Å². The molecule has 0 bridgehead atoms. The lowest BCUT2D eigenvalue weighted by Crippen LogP contribution is -2.51. The van der Waals surface area contributed by atoms with Gasteiger partial charge in [-0.05, 0) is 49.2 Å². The first-order valence-electron chi connectivity index (χ1n) is 9.25. The second-order valence-electron chi connectivity index (χ2n) is 7.08. The van der Waals surface area contributed by atoms with Gasteiger partial charge in [0.05, 0.1) is 11.4 Å². The highest BCUT2D eigenvalue weighted by Gasteiger charge is 2.27. The first kappa shape index (κ1) is 20.3. The molecule has 7 nitrogen and oxygen atoms in total. The smallest absolute Gasteiger partial charge is 0.243 e. The van der Waals surface area contributed by atoms with Crippen LogP contribution in [0.1, 0.15) is 11.1 Å². The number of hydrogen-bond acceptors (Lipinski definition) is 5. The van der Waals surface area contributed by atoms with Gasteiger partial charge in [-0.1, -0.05) is 6.07 Å². The van der Waals surface area contributed by atoms with Crippen molar-refractivity contribution in [2.45, 2.75) is 18.7 Å². The van der Waals surface area contributed by atoms with E-state index < -0.39 is 10.0 Å². The van der Waals surface area contributed by atoms with E-state index in [0.29, 0.717) is 26.2 Å². The maximum Gasteiger partial charge on any atom is 0.243 e. The Bertz CT molecular complexity index is 939. The summed E-state index contributed by atoms with van der Waals surface area (Å²) in [6.07, 6.45) is 3.50. The third-order valence-corrected chi connectivity index (χ3v) is 7.00. The molecular weight excluding hydrogens is 376 g/mol. The molecular formula is C20H26N4O3S. The lowest BCUT2D eigenvalue weighted by molar-refractivity contribution is -0.131. The predicted molar refractivity (Wildman–Crippen MR) is 109 cm³/mol. The Labute approximate surface area is 166 Å². The number of likely N-dealkylation sites (N-methyl/N-ethyl adjacent to an activating group) is 1. The summed E-state index contributed by atoms with van der Waals surface area (Å²) >= 11 is 0. The normalized spacial score (nSPS) is 15.1. The molecule has 0 radical (unpaired) electrons. The van der Waals surface area contributed by atoms with E-state index in [4.69, 9.17) is 0 Å². The summed E-state index contributed by atoms with van der Waals surface area (Å²) in [6.45, 7) is 6.21. The molecule has 2 heterocycles. The molecule has 2 aromatic rings. The van der Waals surface area contributed by atoms with Gasteiger partial charge >= 0.3 is 0 Å². The number of aryl methyl sites for hydroxylation is 2. The molecule has 0 unspecified atom stereocenters. The molecule has 1 saturated heterocycles. The second kappa shape index (κ2) is 8.28. The van der Waals surface area contributed by atoms with Crippen molar-refractivity contribution in [2.75, 3.05) is 44.7 Å². The summed E-state index contributed by atoms with van der Waals surface area (Å²) < 4.78 is 26.7. The van der Waals surface area contributed by atoms with Gasteiger partial charge in [-0.25, -0.2) is 8.42 Å². The molecule has 1 aliphatic rings. The minimum absolute atomic E-state index is 0.162. The third-order valence-electron chi connectivity index (χ3n) is 5.20. The highest BCUT2D eigenvalue weighted by Crippen LogP contribution is 2.19. The predicted octanol–water partition coefficient (Wildman–Crippen LogP) is 1.67. The van der Waals surface area contributed by atoms with Gasteiger partial charge in [0.1, 0.15) is 0 Å². The van der Waals surface area contributed by atoms with Gasteiger partial charge in [-0.2, -0.15) is 4.31 Å². The fourth-order valence-corrected chi connectivity index (χ4v) is 4.40. The van der Waals surface area contributed by atoms with Crippen LogP contribution in [-0.4, -0.2) is 68.3 Å².